The van der Waals surface area contributed by atoms with Gasteiger partial charge >= 0.3 is 0 Å². The third-order valence-electron chi connectivity index (χ3n) is 3.79. The Morgan fingerprint density at radius 2 is 1.92 bits per heavy atom. The van der Waals surface area contributed by atoms with Crippen molar-refractivity contribution in [3.63, 3.8) is 0 Å². The van der Waals surface area contributed by atoms with Crippen LogP contribution in [0.5, 0.6) is 5.75 Å². The molecule has 1 unspecified atom stereocenters. The SMILES string of the molecule is CC(NC(=O)c1cccc(OCc2ccccc2C#N)c1)C(=O)N(C)C. The summed E-state index contributed by atoms with van der Waals surface area (Å²) in [5.74, 6) is -0.0218. The lowest BCUT2D eigenvalue weighted by atomic mass is 10.1. The molecule has 2 aromatic rings. The summed E-state index contributed by atoms with van der Waals surface area (Å²) in [6.07, 6.45) is 0. The van der Waals surface area contributed by atoms with E-state index in [1.165, 1.54) is 4.90 Å². The number of amides is 2. The van der Waals surface area contributed by atoms with Crippen molar-refractivity contribution >= 4 is 11.8 Å². The molecule has 0 aliphatic heterocycles. The van der Waals surface area contributed by atoms with Crippen molar-refractivity contribution in [2.45, 2.75) is 19.6 Å². The number of rotatable bonds is 6. The van der Waals surface area contributed by atoms with E-state index in [4.69, 9.17) is 10.00 Å². The molecule has 0 fully saturated rings. The van der Waals surface area contributed by atoms with E-state index in [0.717, 1.165) is 5.56 Å². The van der Waals surface area contributed by atoms with E-state index < -0.39 is 6.04 Å². The van der Waals surface area contributed by atoms with Crippen molar-refractivity contribution in [1.29, 1.82) is 5.26 Å². The Kier molecular flexibility index (Phi) is 6.34. The maximum absolute atomic E-state index is 12.3. The molecule has 6 heteroatoms. The van der Waals surface area contributed by atoms with E-state index >= 15 is 0 Å². The Morgan fingerprint density at radius 1 is 1.19 bits per heavy atom. The smallest absolute Gasteiger partial charge is 0.252 e. The minimum atomic E-state index is -0.621. The number of nitriles is 1. The number of carbonyl (C=O) groups excluding carboxylic acids is 2. The van der Waals surface area contributed by atoms with Crippen LogP contribution in [0, 0.1) is 11.3 Å². The number of hydrogen-bond acceptors (Lipinski definition) is 4. The van der Waals surface area contributed by atoms with Crippen LogP contribution in [0.15, 0.2) is 48.5 Å². The Balaban J connectivity index is 2.04. The highest BCUT2D eigenvalue weighted by Crippen LogP contribution is 2.17. The first kappa shape index (κ1) is 19.0. The van der Waals surface area contributed by atoms with Gasteiger partial charge in [0.15, 0.2) is 0 Å². The largest absolute Gasteiger partial charge is 0.489 e. The van der Waals surface area contributed by atoms with Crippen LogP contribution in [0.4, 0.5) is 0 Å². The Morgan fingerprint density at radius 3 is 2.62 bits per heavy atom. The molecule has 0 spiro atoms. The molecule has 0 bridgehead atoms. The van der Waals surface area contributed by atoms with Gasteiger partial charge in [0, 0.05) is 25.2 Å². The summed E-state index contributed by atoms with van der Waals surface area (Å²) in [6, 6.07) is 15.4. The normalized spacial score (nSPS) is 11.2. The number of nitrogens with one attached hydrogen (secondary N) is 1. The number of carbonyl (C=O) groups is 2. The highest BCUT2D eigenvalue weighted by atomic mass is 16.5. The average molecular weight is 351 g/mol. The van der Waals surface area contributed by atoms with Gasteiger partial charge in [0.25, 0.3) is 5.91 Å². The lowest BCUT2D eigenvalue weighted by Gasteiger charge is -2.18. The lowest BCUT2D eigenvalue weighted by Crippen LogP contribution is -2.44. The number of hydrogen-bond donors (Lipinski definition) is 1. The van der Waals surface area contributed by atoms with Gasteiger partial charge in [-0.25, -0.2) is 0 Å². The molecule has 0 aliphatic rings. The van der Waals surface area contributed by atoms with Crippen molar-refractivity contribution in [3.05, 3.63) is 65.2 Å². The van der Waals surface area contributed by atoms with Crippen LogP contribution in [0.3, 0.4) is 0 Å². The molecule has 0 aromatic heterocycles. The van der Waals surface area contributed by atoms with Crippen molar-refractivity contribution in [2.24, 2.45) is 0 Å². The zero-order chi connectivity index (χ0) is 19.1. The Hall–Kier alpha value is -3.33. The molecule has 1 N–H and O–H groups in total. The second-order valence-electron chi connectivity index (χ2n) is 6.01. The summed E-state index contributed by atoms with van der Waals surface area (Å²) in [4.78, 5) is 25.6. The third kappa shape index (κ3) is 4.84. The summed E-state index contributed by atoms with van der Waals surface area (Å²) < 4.78 is 5.71. The fourth-order valence-corrected chi connectivity index (χ4v) is 2.37. The molecule has 2 amide bonds. The van der Waals surface area contributed by atoms with Crippen molar-refractivity contribution < 1.29 is 14.3 Å². The standard InChI is InChI=1S/C20H21N3O3/c1-14(20(25)23(2)3)22-19(24)15-9-6-10-18(11-15)26-13-17-8-5-4-7-16(17)12-21/h4-11,14H,13H2,1-3H3,(H,22,24). The number of nitrogens with zero attached hydrogens (tertiary/aromatic N) is 2. The average Bonchev–Trinajstić information content (AvgIpc) is 2.65. The highest BCUT2D eigenvalue weighted by molar-refractivity contribution is 5.97. The molecule has 2 rings (SSSR count). The summed E-state index contributed by atoms with van der Waals surface area (Å²) in [5, 5.41) is 11.8. The predicted octanol–water partition coefficient (Wildman–Crippen LogP) is 2.34. The second-order valence-corrected chi connectivity index (χ2v) is 6.01. The van der Waals surface area contributed by atoms with Gasteiger partial charge in [-0.2, -0.15) is 5.26 Å². The van der Waals surface area contributed by atoms with Crippen molar-refractivity contribution in [1.82, 2.24) is 10.2 Å². The van der Waals surface area contributed by atoms with Crippen LogP contribution in [-0.2, 0) is 11.4 Å². The first-order valence-electron chi connectivity index (χ1n) is 8.15. The van der Waals surface area contributed by atoms with Gasteiger partial charge in [-0.05, 0) is 31.2 Å². The first-order valence-corrected chi connectivity index (χ1v) is 8.15. The molecule has 1 atom stereocenters. The van der Waals surface area contributed by atoms with E-state index in [2.05, 4.69) is 11.4 Å². The van der Waals surface area contributed by atoms with Gasteiger partial charge in [-0.1, -0.05) is 24.3 Å². The van der Waals surface area contributed by atoms with Gasteiger partial charge in [0.2, 0.25) is 5.91 Å². The number of ether oxygens (including phenoxy) is 1. The minimum Gasteiger partial charge on any atom is -0.489 e. The molecule has 0 saturated carbocycles. The number of likely N-dealkylation sites (N-methyl/N-ethyl adjacent to an activating group) is 1. The van der Waals surface area contributed by atoms with E-state index in [0.29, 0.717) is 16.9 Å². The van der Waals surface area contributed by atoms with E-state index in [1.807, 2.05) is 12.1 Å². The molecule has 0 heterocycles. The van der Waals surface area contributed by atoms with Crippen molar-refractivity contribution in [2.75, 3.05) is 14.1 Å². The van der Waals surface area contributed by atoms with Gasteiger partial charge in [0.05, 0.1) is 11.6 Å². The van der Waals surface area contributed by atoms with Crippen LogP contribution >= 0.6 is 0 Å². The second kappa shape index (κ2) is 8.67. The molecular weight excluding hydrogens is 330 g/mol. The Labute approximate surface area is 153 Å². The maximum Gasteiger partial charge on any atom is 0.252 e. The quantitative estimate of drug-likeness (QED) is 0.866. The first-order chi connectivity index (χ1) is 12.4. The fourth-order valence-electron chi connectivity index (χ4n) is 2.37. The molecule has 2 aromatic carbocycles. The summed E-state index contributed by atoms with van der Waals surface area (Å²) in [5.41, 5.74) is 1.72. The topological polar surface area (TPSA) is 82.4 Å². The summed E-state index contributed by atoms with van der Waals surface area (Å²) in [7, 11) is 3.27. The lowest BCUT2D eigenvalue weighted by molar-refractivity contribution is -0.130. The van der Waals surface area contributed by atoms with E-state index in [9.17, 15) is 9.59 Å². The van der Waals surface area contributed by atoms with E-state index in [-0.39, 0.29) is 18.4 Å². The predicted molar refractivity (Wildman–Crippen MR) is 97.6 cm³/mol. The van der Waals surface area contributed by atoms with Crippen LogP contribution in [0.25, 0.3) is 0 Å². The van der Waals surface area contributed by atoms with Gasteiger partial charge in [0.1, 0.15) is 18.4 Å². The zero-order valence-electron chi connectivity index (χ0n) is 15.0. The molecule has 0 radical (unpaired) electrons. The summed E-state index contributed by atoms with van der Waals surface area (Å²) >= 11 is 0. The minimum absolute atomic E-state index is 0.182. The van der Waals surface area contributed by atoms with Gasteiger partial charge in [-0.15, -0.1) is 0 Å². The molecule has 0 saturated heterocycles. The van der Waals surface area contributed by atoms with Crippen molar-refractivity contribution in [3.8, 4) is 11.8 Å². The van der Waals surface area contributed by atoms with Crippen LogP contribution in [0.1, 0.15) is 28.4 Å². The fraction of sp³-hybridized carbons (Fsp3) is 0.250. The van der Waals surface area contributed by atoms with Gasteiger partial charge in [-0.3, -0.25) is 9.59 Å². The Bertz CT molecular complexity index is 840. The monoisotopic (exact) mass is 351 g/mol. The van der Waals surface area contributed by atoms with E-state index in [1.54, 1.807) is 57.4 Å². The molecule has 26 heavy (non-hydrogen) atoms. The van der Waals surface area contributed by atoms with Gasteiger partial charge < -0.3 is 15.0 Å². The molecule has 6 nitrogen and oxygen atoms in total. The van der Waals surface area contributed by atoms with Crippen LogP contribution in [-0.4, -0.2) is 36.9 Å². The highest BCUT2D eigenvalue weighted by Gasteiger charge is 2.18. The third-order valence-corrected chi connectivity index (χ3v) is 3.79. The number of benzene rings is 2. The maximum atomic E-state index is 12.3. The zero-order valence-corrected chi connectivity index (χ0v) is 15.0. The molecular formula is C20H21N3O3. The molecule has 0 aliphatic carbocycles. The van der Waals surface area contributed by atoms with Crippen LogP contribution < -0.4 is 10.1 Å². The van der Waals surface area contributed by atoms with Crippen LogP contribution in [0.2, 0.25) is 0 Å². The summed E-state index contributed by atoms with van der Waals surface area (Å²) in [6.45, 7) is 1.86. The molecule has 134 valence electrons.